The molecule has 2 aromatic heterocycles. The van der Waals surface area contributed by atoms with Crippen molar-refractivity contribution in [1.82, 2.24) is 14.9 Å². The molecule has 0 aromatic carbocycles. The monoisotopic (exact) mass is 332 g/mol. The first-order chi connectivity index (χ1) is 12.3. The number of ether oxygens (including phenoxy) is 1. The molecule has 0 amide bonds. The minimum Gasteiger partial charge on any atom is -0.372 e. The average molecular weight is 332 g/mol. The third kappa shape index (κ3) is 2.86. The summed E-state index contributed by atoms with van der Waals surface area (Å²) in [6, 6.07) is 9.81. The molecule has 0 bridgehead atoms. The maximum absolute atomic E-state index is 9.13. The zero-order valence-electron chi connectivity index (χ0n) is 13.5. The molecule has 0 spiro atoms. The third-order valence-corrected chi connectivity index (χ3v) is 4.69. The number of rotatable bonds is 2. The summed E-state index contributed by atoms with van der Waals surface area (Å²) < 4.78 is 5.80. The van der Waals surface area contributed by atoms with E-state index < -0.39 is 0 Å². The van der Waals surface area contributed by atoms with Crippen molar-refractivity contribution < 1.29 is 4.74 Å². The topological polar surface area (TPSA) is 89.1 Å². The molecule has 2 aromatic rings. The van der Waals surface area contributed by atoms with Crippen LogP contribution in [0, 0.1) is 22.8 Å². The van der Waals surface area contributed by atoms with E-state index in [0.717, 1.165) is 23.5 Å². The predicted molar refractivity (Wildman–Crippen MR) is 90.2 cm³/mol. The fourth-order valence-corrected chi connectivity index (χ4v) is 3.45. The lowest BCUT2D eigenvalue weighted by atomic mass is 10.1. The normalized spacial score (nSPS) is 22.2. The highest BCUT2D eigenvalue weighted by Gasteiger charge is 2.40. The van der Waals surface area contributed by atoms with E-state index >= 15 is 0 Å². The molecule has 7 heteroatoms. The van der Waals surface area contributed by atoms with Crippen LogP contribution in [0.2, 0.25) is 0 Å². The van der Waals surface area contributed by atoms with Crippen molar-refractivity contribution in [1.29, 1.82) is 10.5 Å². The average Bonchev–Trinajstić information content (AvgIpc) is 3.11. The van der Waals surface area contributed by atoms with E-state index in [0.29, 0.717) is 25.4 Å². The number of likely N-dealkylation sites (tertiary alicyclic amines) is 1. The van der Waals surface area contributed by atoms with E-state index in [1.165, 1.54) is 0 Å². The van der Waals surface area contributed by atoms with E-state index in [1.54, 1.807) is 17.2 Å². The SMILES string of the molecule is N#Cc1cc(-c2ccc(N3CCO[C@H]4CN(C#N)C[C@H]43)nc2)ccn1. The highest BCUT2D eigenvalue weighted by atomic mass is 16.5. The van der Waals surface area contributed by atoms with Crippen LogP contribution in [0.5, 0.6) is 0 Å². The molecule has 0 radical (unpaired) electrons. The van der Waals surface area contributed by atoms with Crippen LogP contribution in [0.3, 0.4) is 0 Å². The van der Waals surface area contributed by atoms with Crippen LogP contribution in [-0.4, -0.2) is 53.3 Å². The summed E-state index contributed by atoms with van der Waals surface area (Å²) in [6.07, 6.45) is 5.70. The molecule has 0 unspecified atom stereocenters. The Kier molecular flexibility index (Phi) is 3.93. The summed E-state index contributed by atoms with van der Waals surface area (Å²) in [5.41, 5.74) is 2.25. The van der Waals surface area contributed by atoms with Gasteiger partial charge in [-0.1, -0.05) is 0 Å². The van der Waals surface area contributed by atoms with Crippen LogP contribution in [0.1, 0.15) is 5.69 Å². The van der Waals surface area contributed by atoms with Crippen LogP contribution >= 0.6 is 0 Å². The molecule has 2 fully saturated rings. The van der Waals surface area contributed by atoms with Crippen molar-refractivity contribution >= 4 is 5.82 Å². The Morgan fingerprint density at radius 1 is 1.12 bits per heavy atom. The first kappa shape index (κ1) is 15.4. The largest absolute Gasteiger partial charge is 0.372 e. The number of fused-ring (bicyclic) bond motifs is 1. The van der Waals surface area contributed by atoms with Crippen molar-refractivity contribution in [3.05, 3.63) is 42.4 Å². The van der Waals surface area contributed by atoms with Gasteiger partial charge in [0, 0.05) is 24.5 Å². The van der Waals surface area contributed by atoms with Gasteiger partial charge in [-0.3, -0.25) is 0 Å². The van der Waals surface area contributed by atoms with Gasteiger partial charge >= 0.3 is 0 Å². The van der Waals surface area contributed by atoms with E-state index in [-0.39, 0.29) is 12.1 Å². The van der Waals surface area contributed by atoms with Gasteiger partial charge < -0.3 is 14.5 Å². The molecule has 0 aliphatic carbocycles. The number of hydrogen-bond donors (Lipinski definition) is 0. The number of hydrogen-bond acceptors (Lipinski definition) is 7. The summed E-state index contributed by atoms with van der Waals surface area (Å²) in [5, 5.41) is 18.1. The molecule has 4 heterocycles. The number of nitrogens with zero attached hydrogens (tertiary/aromatic N) is 6. The Balaban J connectivity index is 1.58. The second-order valence-corrected chi connectivity index (χ2v) is 6.12. The summed E-state index contributed by atoms with van der Waals surface area (Å²) in [7, 11) is 0. The summed E-state index contributed by atoms with van der Waals surface area (Å²) in [6.45, 7) is 2.71. The van der Waals surface area contributed by atoms with Gasteiger partial charge in [-0.15, -0.1) is 0 Å². The molecule has 2 aliphatic rings. The molecule has 2 aliphatic heterocycles. The van der Waals surface area contributed by atoms with Gasteiger partial charge in [0.1, 0.15) is 17.6 Å². The van der Waals surface area contributed by atoms with Gasteiger partial charge in [0.2, 0.25) is 0 Å². The number of aromatic nitrogens is 2. The smallest absolute Gasteiger partial charge is 0.179 e. The molecule has 2 atom stereocenters. The first-order valence-electron chi connectivity index (χ1n) is 8.14. The van der Waals surface area contributed by atoms with Gasteiger partial charge in [-0.2, -0.15) is 10.5 Å². The van der Waals surface area contributed by atoms with Crippen LogP contribution in [0.15, 0.2) is 36.7 Å². The molecule has 7 nitrogen and oxygen atoms in total. The minimum absolute atomic E-state index is 0.0493. The van der Waals surface area contributed by atoms with Gasteiger partial charge in [0.05, 0.1) is 31.8 Å². The molecule has 0 N–H and O–H groups in total. The maximum atomic E-state index is 9.13. The van der Waals surface area contributed by atoms with E-state index in [4.69, 9.17) is 15.3 Å². The Bertz CT molecular complexity index is 853. The van der Waals surface area contributed by atoms with Crippen molar-refractivity contribution in [2.45, 2.75) is 12.1 Å². The second kappa shape index (κ2) is 6.39. The molecular formula is C18H16N6O. The Hall–Kier alpha value is -3.16. The van der Waals surface area contributed by atoms with Crippen LogP contribution in [0.4, 0.5) is 5.82 Å². The highest BCUT2D eigenvalue weighted by Crippen LogP contribution is 2.28. The Morgan fingerprint density at radius 3 is 2.80 bits per heavy atom. The lowest BCUT2D eigenvalue weighted by molar-refractivity contribution is 0.0323. The minimum atomic E-state index is 0.0493. The van der Waals surface area contributed by atoms with Crippen molar-refractivity contribution in [2.24, 2.45) is 0 Å². The summed E-state index contributed by atoms with van der Waals surface area (Å²) in [5.74, 6) is 0.886. The lowest BCUT2D eigenvalue weighted by Gasteiger charge is -2.37. The predicted octanol–water partition coefficient (Wildman–Crippen LogP) is 1.39. The highest BCUT2D eigenvalue weighted by molar-refractivity contribution is 5.64. The van der Waals surface area contributed by atoms with Crippen LogP contribution in [0.25, 0.3) is 11.1 Å². The van der Waals surface area contributed by atoms with Crippen molar-refractivity contribution in [3.8, 4) is 23.4 Å². The number of nitriles is 2. The van der Waals surface area contributed by atoms with Gasteiger partial charge in [0.25, 0.3) is 0 Å². The van der Waals surface area contributed by atoms with Crippen LogP contribution < -0.4 is 4.90 Å². The Morgan fingerprint density at radius 2 is 2.04 bits per heavy atom. The van der Waals surface area contributed by atoms with Gasteiger partial charge in [0.15, 0.2) is 6.19 Å². The molecular weight excluding hydrogens is 316 g/mol. The third-order valence-electron chi connectivity index (χ3n) is 4.69. The molecule has 4 rings (SSSR count). The standard InChI is InChI=1S/C18H16N6O/c19-8-15-7-13(3-4-21-15)14-1-2-18(22-9-14)24-5-6-25-17-11-23(12-20)10-16(17)24/h1-4,7,9,16-17H,5-6,10-11H2/t16-,17+/m1/s1. The molecule has 2 saturated heterocycles. The van der Waals surface area contributed by atoms with Gasteiger partial charge in [-0.25, -0.2) is 9.97 Å². The fourth-order valence-electron chi connectivity index (χ4n) is 3.45. The molecule has 25 heavy (non-hydrogen) atoms. The van der Waals surface area contributed by atoms with E-state index in [1.807, 2.05) is 24.4 Å². The second-order valence-electron chi connectivity index (χ2n) is 6.12. The zero-order chi connectivity index (χ0) is 17.2. The zero-order valence-corrected chi connectivity index (χ0v) is 13.5. The summed E-state index contributed by atoms with van der Waals surface area (Å²) >= 11 is 0. The van der Waals surface area contributed by atoms with E-state index in [2.05, 4.69) is 27.1 Å². The number of morpholine rings is 1. The van der Waals surface area contributed by atoms with E-state index in [9.17, 15) is 0 Å². The molecule has 0 saturated carbocycles. The molecule has 124 valence electrons. The van der Waals surface area contributed by atoms with Crippen molar-refractivity contribution in [2.75, 3.05) is 31.1 Å². The number of anilines is 1. The fraction of sp³-hybridized carbons (Fsp3) is 0.333. The van der Waals surface area contributed by atoms with Crippen molar-refractivity contribution in [3.63, 3.8) is 0 Å². The Labute approximate surface area is 145 Å². The van der Waals surface area contributed by atoms with Crippen LogP contribution in [-0.2, 0) is 4.74 Å². The van der Waals surface area contributed by atoms with Gasteiger partial charge in [-0.05, 0) is 29.8 Å². The quantitative estimate of drug-likeness (QED) is 0.768. The maximum Gasteiger partial charge on any atom is 0.179 e. The first-order valence-corrected chi connectivity index (χ1v) is 8.14. The summed E-state index contributed by atoms with van der Waals surface area (Å²) in [4.78, 5) is 12.6. The lowest BCUT2D eigenvalue weighted by Crippen LogP contribution is -2.51. The number of pyridine rings is 2.